The average Bonchev–Trinajstić information content (AvgIpc) is 3.33. The van der Waals surface area contributed by atoms with E-state index in [0.29, 0.717) is 5.56 Å². The second-order valence-corrected chi connectivity index (χ2v) is 45.1. The van der Waals surface area contributed by atoms with Gasteiger partial charge in [-0.25, -0.2) is 0 Å². The maximum atomic E-state index is 13.9. The topological polar surface area (TPSA) is 29.1 Å². The molecule has 1 amide bonds. The third-order valence-corrected chi connectivity index (χ3v) is 42.2. The molecule has 0 fully saturated rings. The number of carbonyl (C=O) groups is 1. The summed E-state index contributed by atoms with van der Waals surface area (Å²) in [7, 11) is 16.3. The van der Waals surface area contributed by atoms with E-state index in [-0.39, 0.29) is 5.91 Å². The van der Waals surface area contributed by atoms with Gasteiger partial charge in [-0.3, -0.25) is 0 Å². The molecule has 1 aliphatic carbocycles. The first-order valence-electron chi connectivity index (χ1n) is 12.7. The fraction of sp³-hybridized carbons (Fsp3) is 0.0312. The molecule has 6 rings (SSSR count). The monoisotopic (exact) mass is 628 g/mol. The summed E-state index contributed by atoms with van der Waals surface area (Å²) >= 11 is -5.47. The maximum absolute atomic E-state index is 13.9. The number of fused-ring (bicyclic) bond motifs is 3. The van der Waals surface area contributed by atoms with Gasteiger partial charge in [-0.1, -0.05) is 0 Å². The predicted molar refractivity (Wildman–Crippen MR) is 159 cm³/mol. The molecule has 5 aromatic rings. The molecule has 0 aromatic heterocycles. The molecule has 0 heterocycles. The molecule has 0 bridgehead atoms. The van der Waals surface area contributed by atoms with E-state index in [9.17, 15) is 4.79 Å². The molecular weight excluding hydrogens is 605 g/mol. The Morgan fingerprint density at radius 3 is 1.79 bits per heavy atom. The first-order valence-corrected chi connectivity index (χ1v) is 27.5. The Morgan fingerprint density at radius 2 is 1.16 bits per heavy atom. The van der Waals surface area contributed by atoms with E-state index in [1.165, 1.54) is 11.1 Å². The fourth-order valence-corrected chi connectivity index (χ4v) is 42.9. The molecule has 38 heavy (non-hydrogen) atoms. The SMILES string of the molecule is O=C([NH][Zr]([Cl])([Cl])([c]1cccc2c1Cc1ccccc1-2)[SiH](c1ccccc1)c1ccccc1)c1ccccc1. The van der Waals surface area contributed by atoms with E-state index < -0.39 is 21.8 Å². The normalized spacial score (nSPS) is 13.3. The molecule has 0 aliphatic heterocycles. The van der Waals surface area contributed by atoms with Crippen LogP contribution in [-0.4, -0.2) is 11.8 Å². The Bertz CT molecular complexity index is 1590. The van der Waals surface area contributed by atoms with Gasteiger partial charge in [0.2, 0.25) is 0 Å². The zero-order chi connectivity index (χ0) is 26.2. The molecule has 0 spiro atoms. The van der Waals surface area contributed by atoms with Crippen LogP contribution in [0.1, 0.15) is 21.5 Å². The number of hydrogen-bond acceptors (Lipinski definition) is 1. The van der Waals surface area contributed by atoms with Crippen molar-refractivity contribution in [3.05, 3.63) is 150 Å². The molecule has 0 saturated carbocycles. The Kier molecular flexibility index (Phi) is 6.78. The number of rotatable bonds is 6. The average molecular weight is 631 g/mol. The van der Waals surface area contributed by atoms with Gasteiger partial charge < -0.3 is 0 Å². The van der Waals surface area contributed by atoms with Crippen molar-refractivity contribution in [1.29, 1.82) is 0 Å². The number of hydrogen-bond donors (Lipinski definition) is 1. The zero-order valence-corrected chi connectivity index (χ0v) is 25.8. The van der Waals surface area contributed by atoms with E-state index in [2.05, 4.69) is 63.9 Å². The summed E-state index contributed by atoms with van der Waals surface area (Å²) in [5, 5.41) is 2.24. The van der Waals surface area contributed by atoms with E-state index in [4.69, 9.17) is 17.0 Å². The molecule has 6 heteroatoms. The van der Waals surface area contributed by atoms with Gasteiger partial charge in [0.05, 0.1) is 0 Å². The standard InChI is InChI=1S/C13H9.C12H11Si.C7H7NO.2ClH.Zr/c1-3-7-12-10(5-1)9-11-6-2-4-8-13(11)12;1-3-7-11(8-4-1)13-12-9-5-2-6-10-12;8-7(9)6-4-2-1-3-5-6;;;/h1-5,7-8H,9H2;1-10,13H;1-5H,(H2,8,9);2*1H;/q;;;;;+3/p-3. The number of nitrogens with one attached hydrogen (secondary N) is 1. The summed E-state index contributed by atoms with van der Waals surface area (Å²) in [5.41, 5.74) is 5.32. The Labute approximate surface area is 232 Å². The minimum atomic E-state index is -5.47. The summed E-state index contributed by atoms with van der Waals surface area (Å²) < 4.78 is 4.36. The van der Waals surface area contributed by atoms with E-state index in [1.807, 2.05) is 72.8 Å². The molecule has 187 valence electrons. The molecule has 0 atom stereocenters. The first kappa shape index (κ1) is 25.5. The Hall–Kier alpha value is -2.75. The van der Waals surface area contributed by atoms with Crippen LogP contribution in [0.25, 0.3) is 11.1 Å². The molecule has 2 nitrogen and oxygen atoms in total. The predicted octanol–water partition coefficient (Wildman–Crippen LogP) is 5.76. The van der Waals surface area contributed by atoms with Gasteiger partial charge in [0.1, 0.15) is 0 Å². The fourth-order valence-electron chi connectivity index (χ4n) is 5.82. The van der Waals surface area contributed by atoms with Crippen molar-refractivity contribution < 1.29 is 20.6 Å². The summed E-state index contributed by atoms with van der Waals surface area (Å²) in [4.78, 5) is 13.9. The van der Waals surface area contributed by atoms with Gasteiger partial charge in [-0.2, -0.15) is 0 Å². The molecule has 0 radical (unpaired) electrons. The van der Waals surface area contributed by atoms with Gasteiger partial charge in [-0.15, -0.1) is 0 Å². The number of amides is 1. The third kappa shape index (κ3) is 4.44. The van der Waals surface area contributed by atoms with Gasteiger partial charge in [0.15, 0.2) is 0 Å². The van der Waals surface area contributed by atoms with Crippen LogP contribution in [0.4, 0.5) is 0 Å². The van der Waals surface area contributed by atoms with Crippen molar-refractivity contribution in [2.75, 3.05) is 0 Å². The quantitative estimate of drug-likeness (QED) is 0.233. The third-order valence-electron chi connectivity index (χ3n) is 7.50. The molecule has 0 saturated heterocycles. The molecule has 1 N–H and O–H groups in total. The Balaban J connectivity index is 1.63. The second kappa shape index (κ2) is 10.1. The molecular formula is C32H26Cl2NOSiZr. The Morgan fingerprint density at radius 1 is 0.632 bits per heavy atom. The van der Waals surface area contributed by atoms with Crippen LogP contribution < -0.4 is 16.9 Å². The molecule has 0 unspecified atom stereocenters. The number of carbonyl (C=O) groups excluding carboxylic acids is 1. The van der Waals surface area contributed by atoms with E-state index in [1.54, 1.807) is 0 Å². The van der Waals surface area contributed by atoms with Crippen molar-refractivity contribution in [3.8, 4) is 11.1 Å². The van der Waals surface area contributed by atoms with Crippen LogP contribution in [0.3, 0.4) is 0 Å². The van der Waals surface area contributed by atoms with Crippen LogP contribution in [0.5, 0.6) is 0 Å². The van der Waals surface area contributed by atoms with E-state index >= 15 is 0 Å². The van der Waals surface area contributed by atoms with Crippen molar-refractivity contribution in [2.24, 2.45) is 0 Å². The number of halogens is 2. The van der Waals surface area contributed by atoms with Crippen LogP contribution in [0.15, 0.2) is 133 Å². The number of benzene rings is 5. The van der Waals surface area contributed by atoms with Crippen molar-refractivity contribution in [2.45, 2.75) is 6.42 Å². The van der Waals surface area contributed by atoms with E-state index in [0.717, 1.165) is 31.2 Å². The van der Waals surface area contributed by atoms with Gasteiger partial charge in [0, 0.05) is 0 Å². The van der Waals surface area contributed by atoms with Gasteiger partial charge >= 0.3 is 234 Å². The molecule has 1 aliphatic rings. The van der Waals surface area contributed by atoms with Crippen LogP contribution in [0.2, 0.25) is 0 Å². The van der Waals surface area contributed by atoms with Crippen molar-refractivity contribution in [1.82, 2.24) is 3.26 Å². The summed E-state index contributed by atoms with van der Waals surface area (Å²) in [5.74, 6) is -2.65. The second-order valence-electron chi connectivity index (χ2n) is 9.82. The van der Waals surface area contributed by atoms with Gasteiger partial charge in [-0.05, 0) is 0 Å². The summed E-state index contributed by atoms with van der Waals surface area (Å²) in [6, 6.07) is 44.6. The van der Waals surface area contributed by atoms with Crippen LogP contribution in [0, 0.1) is 0 Å². The van der Waals surface area contributed by atoms with Gasteiger partial charge in [0.25, 0.3) is 0 Å². The summed E-state index contributed by atoms with van der Waals surface area (Å²) in [6.07, 6.45) is 0.747. The summed E-state index contributed by atoms with van der Waals surface area (Å²) in [6.45, 7) is 0. The van der Waals surface area contributed by atoms with Crippen molar-refractivity contribution >= 4 is 42.5 Å². The van der Waals surface area contributed by atoms with Crippen molar-refractivity contribution in [3.63, 3.8) is 0 Å². The zero-order valence-electron chi connectivity index (χ0n) is 20.7. The van der Waals surface area contributed by atoms with Crippen LogP contribution in [-0.2, 0) is 22.3 Å². The minimum absolute atomic E-state index is 0.223. The van der Waals surface area contributed by atoms with Crippen LogP contribution >= 0.6 is 17.0 Å². The first-order chi connectivity index (χ1) is 18.4. The molecule has 5 aromatic carbocycles.